The van der Waals surface area contributed by atoms with E-state index < -0.39 is 4.92 Å². The van der Waals surface area contributed by atoms with Gasteiger partial charge in [-0.25, -0.2) is 0 Å². The summed E-state index contributed by atoms with van der Waals surface area (Å²) in [5.41, 5.74) is 1.70. The fraction of sp³-hybridized carbons (Fsp3) is 0.0952. The maximum absolute atomic E-state index is 12.9. The molecule has 4 rings (SSSR count). The molecule has 0 fully saturated rings. The molecule has 0 amide bonds. The molecular formula is C21H15NO5. The SMILES string of the molecule is Cc1cccc(Oc2cc([N+](=O)[O-])cc3c2C(=O)Cc2ccccc2O3)c1. The quantitative estimate of drug-likeness (QED) is 0.472. The number of hydrogen-bond acceptors (Lipinski definition) is 5. The molecule has 6 heteroatoms. The van der Waals surface area contributed by atoms with Gasteiger partial charge in [0.15, 0.2) is 5.78 Å². The van der Waals surface area contributed by atoms with Crippen LogP contribution in [0.15, 0.2) is 60.7 Å². The zero-order valence-electron chi connectivity index (χ0n) is 14.5. The Balaban J connectivity index is 1.87. The van der Waals surface area contributed by atoms with Gasteiger partial charge in [0.2, 0.25) is 0 Å². The highest BCUT2D eigenvalue weighted by molar-refractivity contribution is 6.04. The van der Waals surface area contributed by atoms with E-state index in [0.717, 1.165) is 11.1 Å². The van der Waals surface area contributed by atoms with Crippen molar-refractivity contribution >= 4 is 11.5 Å². The molecule has 0 aromatic heterocycles. The number of non-ortho nitro benzene ring substituents is 1. The van der Waals surface area contributed by atoms with Crippen LogP contribution in [0, 0.1) is 17.0 Å². The van der Waals surface area contributed by atoms with Crippen molar-refractivity contribution in [2.24, 2.45) is 0 Å². The molecule has 0 aliphatic carbocycles. The highest BCUT2D eigenvalue weighted by Crippen LogP contribution is 2.42. The molecule has 1 heterocycles. The van der Waals surface area contributed by atoms with Gasteiger partial charge in [0.1, 0.15) is 28.6 Å². The zero-order chi connectivity index (χ0) is 19.0. The normalized spacial score (nSPS) is 12.4. The van der Waals surface area contributed by atoms with Crippen molar-refractivity contribution in [1.29, 1.82) is 0 Å². The van der Waals surface area contributed by atoms with Gasteiger partial charge in [0.05, 0.1) is 17.1 Å². The van der Waals surface area contributed by atoms with Crippen LogP contribution in [0.25, 0.3) is 0 Å². The first kappa shape index (κ1) is 16.8. The molecule has 134 valence electrons. The summed E-state index contributed by atoms with van der Waals surface area (Å²) in [6.45, 7) is 1.91. The van der Waals surface area contributed by atoms with Crippen molar-refractivity contribution in [1.82, 2.24) is 0 Å². The third kappa shape index (κ3) is 3.25. The summed E-state index contributed by atoms with van der Waals surface area (Å²) >= 11 is 0. The van der Waals surface area contributed by atoms with Crippen LogP contribution in [0.3, 0.4) is 0 Å². The molecule has 1 aliphatic heterocycles. The summed E-state index contributed by atoms with van der Waals surface area (Å²) in [4.78, 5) is 23.7. The van der Waals surface area contributed by atoms with Crippen LogP contribution in [0.4, 0.5) is 5.69 Å². The molecule has 3 aromatic carbocycles. The van der Waals surface area contributed by atoms with E-state index in [9.17, 15) is 14.9 Å². The molecule has 0 saturated heterocycles. The van der Waals surface area contributed by atoms with E-state index >= 15 is 0 Å². The second kappa shape index (κ2) is 6.57. The van der Waals surface area contributed by atoms with E-state index in [2.05, 4.69) is 0 Å². The predicted molar refractivity (Wildman–Crippen MR) is 98.9 cm³/mol. The molecule has 0 saturated carbocycles. The number of carbonyl (C=O) groups excluding carboxylic acids is 1. The fourth-order valence-electron chi connectivity index (χ4n) is 3.05. The largest absolute Gasteiger partial charge is 0.456 e. The molecule has 1 aliphatic rings. The molecule has 0 unspecified atom stereocenters. The molecule has 0 atom stereocenters. The van der Waals surface area contributed by atoms with Crippen molar-refractivity contribution < 1.29 is 19.2 Å². The van der Waals surface area contributed by atoms with E-state index in [0.29, 0.717) is 11.5 Å². The second-order valence-corrected chi connectivity index (χ2v) is 6.30. The minimum absolute atomic E-state index is 0.114. The number of ketones is 1. The molecule has 0 spiro atoms. The molecular weight excluding hydrogens is 346 g/mol. The van der Waals surface area contributed by atoms with Crippen molar-refractivity contribution in [3.8, 4) is 23.0 Å². The highest BCUT2D eigenvalue weighted by atomic mass is 16.6. The standard InChI is InChI=1S/C21H15NO5/c1-13-5-4-7-16(9-13)26-19-11-15(22(24)25)12-20-21(19)17(23)10-14-6-2-3-8-18(14)27-20/h2-9,11-12H,10H2,1H3. The number of fused-ring (bicyclic) bond motifs is 2. The summed E-state index contributed by atoms with van der Waals surface area (Å²) in [6.07, 6.45) is 0.130. The maximum atomic E-state index is 12.9. The van der Waals surface area contributed by atoms with Gasteiger partial charge in [-0.3, -0.25) is 14.9 Å². The molecule has 3 aromatic rings. The van der Waals surface area contributed by atoms with Gasteiger partial charge in [-0.1, -0.05) is 30.3 Å². The smallest absolute Gasteiger partial charge is 0.276 e. The number of rotatable bonds is 3. The van der Waals surface area contributed by atoms with Crippen LogP contribution < -0.4 is 9.47 Å². The Morgan fingerprint density at radius 3 is 2.63 bits per heavy atom. The van der Waals surface area contributed by atoms with Crippen molar-refractivity contribution in [3.05, 3.63) is 87.5 Å². The van der Waals surface area contributed by atoms with Crippen molar-refractivity contribution in [2.75, 3.05) is 0 Å². The maximum Gasteiger partial charge on any atom is 0.276 e. The number of benzene rings is 3. The first-order valence-electron chi connectivity index (χ1n) is 8.37. The van der Waals surface area contributed by atoms with Gasteiger partial charge in [0, 0.05) is 12.0 Å². The summed E-state index contributed by atoms with van der Waals surface area (Å²) in [6, 6.07) is 16.9. The van der Waals surface area contributed by atoms with Gasteiger partial charge in [-0.2, -0.15) is 0 Å². The van der Waals surface area contributed by atoms with Gasteiger partial charge in [-0.05, 0) is 30.7 Å². The molecule has 0 bridgehead atoms. The summed E-state index contributed by atoms with van der Waals surface area (Å²) in [7, 11) is 0. The monoisotopic (exact) mass is 361 g/mol. The number of nitro benzene ring substituents is 1. The topological polar surface area (TPSA) is 78.7 Å². The number of carbonyl (C=O) groups is 1. The highest BCUT2D eigenvalue weighted by Gasteiger charge is 2.28. The Morgan fingerprint density at radius 1 is 1.04 bits per heavy atom. The fourth-order valence-corrected chi connectivity index (χ4v) is 3.05. The minimum Gasteiger partial charge on any atom is -0.456 e. The number of nitro groups is 1. The van der Waals surface area contributed by atoms with Crippen LogP contribution in [-0.2, 0) is 6.42 Å². The summed E-state index contributed by atoms with van der Waals surface area (Å²) < 4.78 is 11.7. The Labute approximate surface area is 155 Å². The average Bonchev–Trinajstić information content (AvgIpc) is 2.77. The van der Waals surface area contributed by atoms with Gasteiger partial charge < -0.3 is 9.47 Å². The van der Waals surface area contributed by atoms with Crippen LogP contribution in [0.1, 0.15) is 21.5 Å². The van der Waals surface area contributed by atoms with Gasteiger partial charge in [-0.15, -0.1) is 0 Å². The van der Waals surface area contributed by atoms with Gasteiger partial charge >= 0.3 is 0 Å². The number of ether oxygens (including phenoxy) is 2. The van der Waals surface area contributed by atoms with Crippen molar-refractivity contribution in [3.63, 3.8) is 0 Å². The molecule has 6 nitrogen and oxygen atoms in total. The van der Waals surface area contributed by atoms with Crippen LogP contribution in [-0.4, -0.2) is 10.7 Å². The lowest BCUT2D eigenvalue weighted by Gasteiger charge is -2.13. The first-order valence-corrected chi connectivity index (χ1v) is 8.37. The number of hydrogen-bond donors (Lipinski definition) is 0. The predicted octanol–water partition coefficient (Wildman–Crippen LogP) is 5.23. The molecule has 27 heavy (non-hydrogen) atoms. The van der Waals surface area contributed by atoms with Crippen LogP contribution in [0.2, 0.25) is 0 Å². The lowest BCUT2D eigenvalue weighted by Crippen LogP contribution is -2.05. The number of nitrogens with zero attached hydrogens (tertiary/aromatic N) is 1. The molecule has 0 radical (unpaired) electrons. The molecule has 0 N–H and O–H groups in total. The summed E-state index contributed by atoms with van der Waals surface area (Å²) in [5, 5.41) is 11.4. The number of aryl methyl sites for hydroxylation is 1. The van der Waals surface area contributed by atoms with Crippen LogP contribution >= 0.6 is 0 Å². The Morgan fingerprint density at radius 2 is 1.85 bits per heavy atom. The van der Waals surface area contributed by atoms with E-state index in [-0.39, 0.29) is 35.0 Å². The summed E-state index contributed by atoms with van der Waals surface area (Å²) in [5.74, 6) is 1.02. The Hall–Kier alpha value is -3.67. The van der Waals surface area contributed by atoms with Gasteiger partial charge in [0.25, 0.3) is 5.69 Å². The zero-order valence-corrected chi connectivity index (χ0v) is 14.5. The lowest BCUT2D eigenvalue weighted by atomic mass is 10.0. The van der Waals surface area contributed by atoms with E-state index in [1.165, 1.54) is 12.1 Å². The van der Waals surface area contributed by atoms with Crippen molar-refractivity contribution in [2.45, 2.75) is 13.3 Å². The second-order valence-electron chi connectivity index (χ2n) is 6.30. The third-order valence-corrected chi connectivity index (χ3v) is 4.30. The Kier molecular flexibility index (Phi) is 4.08. The minimum atomic E-state index is -0.534. The number of Topliss-reactive ketones (excluding diaryl/α,β-unsaturated/α-hetero) is 1. The lowest BCUT2D eigenvalue weighted by molar-refractivity contribution is -0.385. The first-order chi connectivity index (χ1) is 13.0. The Bertz CT molecular complexity index is 1070. The van der Waals surface area contributed by atoms with E-state index in [1.807, 2.05) is 25.1 Å². The van der Waals surface area contributed by atoms with E-state index in [1.54, 1.807) is 30.3 Å². The number of para-hydroxylation sites is 1. The van der Waals surface area contributed by atoms with E-state index in [4.69, 9.17) is 9.47 Å². The average molecular weight is 361 g/mol. The third-order valence-electron chi connectivity index (χ3n) is 4.30. The van der Waals surface area contributed by atoms with Crippen LogP contribution in [0.5, 0.6) is 23.0 Å².